The van der Waals surface area contributed by atoms with Crippen LogP contribution < -0.4 is 19.1 Å². The second kappa shape index (κ2) is 10.9. The molecule has 0 aliphatic carbocycles. The van der Waals surface area contributed by atoms with E-state index in [-0.39, 0.29) is 18.6 Å². The predicted octanol–water partition coefficient (Wildman–Crippen LogP) is 3.00. The molecule has 0 spiro atoms. The van der Waals surface area contributed by atoms with Crippen molar-refractivity contribution in [2.75, 3.05) is 30.8 Å². The topological polar surface area (TPSA) is 84.9 Å². The minimum absolute atomic E-state index is 0.134. The summed E-state index contributed by atoms with van der Waals surface area (Å²) in [5.74, 6) is 0.996. The van der Waals surface area contributed by atoms with E-state index in [1.807, 2.05) is 38.1 Å². The number of hydrogen-bond acceptors (Lipinski definition) is 5. The summed E-state index contributed by atoms with van der Waals surface area (Å²) in [5.41, 5.74) is 1.53. The molecule has 7 nitrogen and oxygen atoms in total. The van der Waals surface area contributed by atoms with Crippen LogP contribution in [0.3, 0.4) is 0 Å². The number of hydrogen-bond donors (Lipinski definition) is 1. The Morgan fingerprint density at radius 3 is 2.40 bits per heavy atom. The third kappa shape index (κ3) is 7.59. The third-order valence-corrected chi connectivity index (χ3v) is 5.43. The third-order valence-electron chi connectivity index (χ3n) is 4.29. The molecule has 0 aliphatic rings. The van der Waals surface area contributed by atoms with E-state index < -0.39 is 10.0 Å². The Labute approximate surface area is 179 Å². The van der Waals surface area contributed by atoms with Gasteiger partial charge in [-0.25, -0.2) is 8.42 Å². The molecule has 0 aromatic heterocycles. The van der Waals surface area contributed by atoms with Gasteiger partial charge in [0.1, 0.15) is 18.0 Å². The van der Waals surface area contributed by atoms with Gasteiger partial charge in [0.25, 0.3) is 0 Å². The Kier molecular flexibility index (Phi) is 8.53. The van der Waals surface area contributed by atoms with E-state index in [1.54, 1.807) is 24.3 Å². The first-order valence-corrected chi connectivity index (χ1v) is 11.7. The van der Waals surface area contributed by atoms with Crippen LogP contribution in [0.15, 0.2) is 48.5 Å². The van der Waals surface area contributed by atoms with Crippen molar-refractivity contribution in [1.29, 1.82) is 0 Å². The van der Waals surface area contributed by atoms with Gasteiger partial charge in [0, 0.05) is 12.6 Å². The minimum Gasteiger partial charge on any atom is -0.497 e. The molecule has 0 saturated carbocycles. The molecule has 8 heteroatoms. The van der Waals surface area contributed by atoms with Crippen molar-refractivity contribution < 1.29 is 22.7 Å². The van der Waals surface area contributed by atoms with Crippen LogP contribution in [0.4, 0.5) is 5.69 Å². The number of amides is 1. The predicted molar refractivity (Wildman–Crippen MR) is 119 cm³/mol. The standard InChI is InChI=1S/C22H30N2O5S/c1-17(2)29-20-12-10-18(11-13-20)7-6-14-23-22(25)16-24(30(4,26)27)19-8-5-9-21(15-19)28-3/h5,8-13,15,17H,6-7,14,16H2,1-4H3,(H,23,25). The van der Waals surface area contributed by atoms with Gasteiger partial charge < -0.3 is 14.8 Å². The largest absolute Gasteiger partial charge is 0.497 e. The summed E-state index contributed by atoms with van der Waals surface area (Å²) < 4.78 is 36.2. The summed E-state index contributed by atoms with van der Waals surface area (Å²) >= 11 is 0. The lowest BCUT2D eigenvalue weighted by Gasteiger charge is -2.22. The molecule has 1 amide bonds. The summed E-state index contributed by atoms with van der Waals surface area (Å²) in [6.45, 7) is 4.14. The summed E-state index contributed by atoms with van der Waals surface area (Å²) in [6.07, 6.45) is 2.75. The van der Waals surface area contributed by atoms with Crippen LogP contribution >= 0.6 is 0 Å². The first-order chi connectivity index (χ1) is 14.2. The zero-order valence-corrected chi connectivity index (χ0v) is 18.7. The average Bonchev–Trinajstić information content (AvgIpc) is 2.69. The summed E-state index contributed by atoms with van der Waals surface area (Å²) in [7, 11) is -2.12. The van der Waals surface area contributed by atoms with Crippen molar-refractivity contribution in [2.24, 2.45) is 0 Å². The van der Waals surface area contributed by atoms with E-state index in [4.69, 9.17) is 9.47 Å². The molecule has 0 saturated heterocycles. The van der Waals surface area contributed by atoms with Crippen molar-refractivity contribution in [3.63, 3.8) is 0 Å². The molecule has 164 valence electrons. The van der Waals surface area contributed by atoms with Gasteiger partial charge in [-0.3, -0.25) is 9.10 Å². The van der Waals surface area contributed by atoms with Gasteiger partial charge in [0.2, 0.25) is 15.9 Å². The van der Waals surface area contributed by atoms with Crippen LogP contribution in [-0.2, 0) is 21.2 Å². The molecule has 30 heavy (non-hydrogen) atoms. The van der Waals surface area contributed by atoms with E-state index >= 15 is 0 Å². The van der Waals surface area contributed by atoms with Crippen LogP contribution in [0.1, 0.15) is 25.8 Å². The molecule has 1 N–H and O–H groups in total. The Bertz CT molecular complexity index is 927. The number of benzene rings is 2. The first-order valence-electron chi connectivity index (χ1n) is 9.83. The maximum Gasteiger partial charge on any atom is 0.240 e. The van der Waals surface area contributed by atoms with E-state index in [1.165, 1.54) is 7.11 Å². The van der Waals surface area contributed by atoms with Crippen molar-refractivity contribution in [1.82, 2.24) is 5.32 Å². The zero-order valence-electron chi connectivity index (χ0n) is 17.9. The van der Waals surface area contributed by atoms with Crippen LogP contribution in [0.5, 0.6) is 11.5 Å². The fourth-order valence-corrected chi connectivity index (χ4v) is 3.73. The monoisotopic (exact) mass is 434 g/mol. The summed E-state index contributed by atoms with van der Waals surface area (Å²) in [5, 5.41) is 2.79. The second-order valence-corrected chi connectivity index (χ2v) is 9.14. The number of carbonyl (C=O) groups excluding carboxylic acids is 1. The zero-order chi connectivity index (χ0) is 22.1. The highest BCUT2D eigenvalue weighted by Crippen LogP contribution is 2.22. The SMILES string of the molecule is COc1cccc(N(CC(=O)NCCCc2ccc(OC(C)C)cc2)S(C)(=O)=O)c1. The molecule has 2 rings (SSSR count). The van der Waals surface area contributed by atoms with Crippen molar-refractivity contribution >= 4 is 21.6 Å². The van der Waals surface area contributed by atoms with Gasteiger partial charge in [-0.15, -0.1) is 0 Å². The highest BCUT2D eigenvalue weighted by Gasteiger charge is 2.21. The Balaban J connectivity index is 1.86. The number of rotatable bonds is 11. The van der Waals surface area contributed by atoms with Gasteiger partial charge in [0.15, 0.2) is 0 Å². The minimum atomic E-state index is -3.62. The van der Waals surface area contributed by atoms with E-state index in [0.717, 1.165) is 34.7 Å². The number of methoxy groups -OCH3 is 1. The molecule has 2 aromatic rings. The quantitative estimate of drug-likeness (QED) is 0.550. The van der Waals surface area contributed by atoms with Crippen LogP contribution in [-0.4, -0.2) is 46.9 Å². The van der Waals surface area contributed by atoms with Gasteiger partial charge in [-0.05, 0) is 56.5 Å². The fourth-order valence-electron chi connectivity index (χ4n) is 2.88. The van der Waals surface area contributed by atoms with E-state index in [0.29, 0.717) is 18.0 Å². The highest BCUT2D eigenvalue weighted by molar-refractivity contribution is 7.92. The van der Waals surface area contributed by atoms with E-state index in [9.17, 15) is 13.2 Å². The molecule has 0 aliphatic heterocycles. The molecule has 0 atom stereocenters. The maximum absolute atomic E-state index is 12.3. The molecule has 2 aromatic carbocycles. The molecule has 0 fully saturated rings. The number of aryl methyl sites for hydroxylation is 1. The normalized spacial score (nSPS) is 11.2. The smallest absolute Gasteiger partial charge is 0.240 e. The van der Waals surface area contributed by atoms with Gasteiger partial charge in [-0.2, -0.15) is 0 Å². The number of nitrogens with zero attached hydrogens (tertiary/aromatic N) is 1. The summed E-state index contributed by atoms with van der Waals surface area (Å²) in [4.78, 5) is 12.3. The Hall–Kier alpha value is -2.74. The van der Waals surface area contributed by atoms with Gasteiger partial charge in [-0.1, -0.05) is 18.2 Å². The Morgan fingerprint density at radius 1 is 1.10 bits per heavy atom. The van der Waals surface area contributed by atoms with Crippen molar-refractivity contribution in [2.45, 2.75) is 32.8 Å². The number of anilines is 1. The molecule has 0 radical (unpaired) electrons. The van der Waals surface area contributed by atoms with Crippen LogP contribution in [0.2, 0.25) is 0 Å². The highest BCUT2D eigenvalue weighted by atomic mass is 32.2. The van der Waals surface area contributed by atoms with E-state index in [2.05, 4.69) is 5.32 Å². The lowest BCUT2D eigenvalue weighted by molar-refractivity contribution is -0.119. The summed E-state index contributed by atoms with van der Waals surface area (Å²) in [6, 6.07) is 14.5. The molecule has 0 unspecified atom stereocenters. The van der Waals surface area contributed by atoms with Crippen molar-refractivity contribution in [3.05, 3.63) is 54.1 Å². The number of carbonyl (C=O) groups is 1. The molecule has 0 heterocycles. The van der Waals surface area contributed by atoms with Gasteiger partial charge in [0.05, 0.1) is 25.2 Å². The molecular formula is C22H30N2O5S. The van der Waals surface area contributed by atoms with Gasteiger partial charge >= 0.3 is 0 Å². The maximum atomic E-state index is 12.3. The first kappa shape index (κ1) is 23.5. The molecule has 0 bridgehead atoms. The average molecular weight is 435 g/mol. The number of ether oxygens (including phenoxy) is 2. The number of nitrogens with one attached hydrogen (secondary N) is 1. The Morgan fingerprint density at radius 2 is 1.80 bits per heavy atom. The van der Waals surface area contributed by atoms with Crippen molar-refractivity contribution in [3.8, 4) is 11.5 Å². The van der Waals surface area contributed by atoms with Crippen LogP contribution in [0.25, 0.3) is 0 Å². The second-order valence-electron chi connectivity index (χ2n) is 7.24. The lowest BCUT2D eigenvalue weighted by atomic mass is 10.1. The van der Waals surface area contributed by atoms with Crippen LogP contribution in [0, 0.1) is 0 Å². The number of sulfonamides is 1. The lowest BCUT2D eigenvalue weighted by Crippen LogP contribution is -2.40. The fraction of sp³-hybridized carbons (Fsp3) is 0.409. The molecular weight excluding hydrogens is 404 g/mol.